The zero-order valence-corrected chi connectivity index (χ0v) is 26.5. The highest BCUT2D eigenvalue weighted by Crippen LogP contribution is 2.75. The average molecular weight is 577 g/mol. The Morgan fingerprint density at radius 3 is 2.26 bits per heavy atom. The number of hydrogen-bond acceptors (Lipinski definition) is 5. The molecule has 7 heteroatoms. The molecule has 42 heavy (non-hydrogen) atoms. The van der Waals surface area contributed by atoms with Crippen molar-refractivity contribution < 1.29 is 24.2 Å². The normalized spacial score (nSPS) is 41.8. The fraction of sp³-hybridized carbons (Fsp3) is 0.686. The predicted molar refractivity (Wildman–Crippen MR) is 161 cm³/mol. The van der Waals surface area contributed by atoms with Crippen molar-refractivity contribution in [3.05, 3.63) is 46.3 Å². The van der Waals surface area contributed by atoms with E-state index < -0.39 is 5.54 Å². The molecule has 0 heterocycles. The summed E-state index contributed by atoms with van der Waals surface area (Å²) < 4.78 is 5.01. The summed E-state index contributed by atoms with van der Waals surface area (Å²) in [5.41, 5.74) is 2.69. The lowest BCUT2D eigenvalue weighted by Crippen LogP contribution is -2.67. The van der Waals surface area contributed by atoms with Crippen molar-refractivity contribution in [3.63, 3.8) is 0 Å². The monoisotopic (exact) mass is 576 g/mol. The number of aliphatic hydroxyl groups excluding tert-OH is 1. The molecule has 0 spiro atoms. The Morgan fingerprint density at radius 2 is 1.62 bits per heavy atom. The Labute approximate surface area is 250 Å². The second-order valence-corrected chi connectivity index (χ2v) is 15.6. The summed E-state index contributed by atoms with van der Waals surface area (Å²) >= 11 is 0. The minimum Gasteiger partial charge on any atom is -0.504 e. The molecule has 228 valence electrons. The number of carbonyl (C=O) groups is 3. The number of methoxy groups -OCH3 is 1. The van der Waals surface area contributed by atoms with Crippen LogP contribution in [0.4, 0.5) is 4.79 Å². The maximum absolute atomic E-state index is 13.3. The lowest BCUT2D eigenvalue weighted by molar-refractivity contribution is -0.153. The van der Waals surface area contributed by atoms with E-state index in [0.717, 1.165) is 62.5 Å². The van der Waals surface area contributed by atoms with Crippen LogP contribution >= 0.6 is 0 Å². The van der Waals surface area contributed by atoms with Gasteiger partial charge in [-0.3, -0.25) is 4.79 Å². The Bertz CT molecular complexity index is 1400. The van der Waals surface area contributed by atoms with Gasteiger partial charge in [0.2, 0.25) is 5.78 Å². The molecule has 4 fully saturated rings. The Kier molecular flexibility index (Phi) is 6.33. The molecule has 6 atom stereocenters. The van der Waals surface area contributed by atoms with Crippen molar-refractivity contribution in [2.75, 3.05) is 7.11 Å². The second kappa shape index (κ2) is 9.09. The van der Waals surface area contributed by atoms with Crippen molar-refractivity contribution in [1.82, 2.24) is 10.6 Å². The van der Waals surface area contributed by atoms with Crippen LogP contribution in [0.25, 0.3) is 0 Å². The molecule has 0 saturated heterocycles. The molecular formula is C35H48N2O5. The van der Waals surface area contributed by atoms with E-state index in [1.807, 2.05) is 6.92 Å². The zero-order valence-electron chi connectivity index (χ0n) is 26.5. The fourth-order valence-electron chi connectivity index (χ4n) is 10.2. The SMILES string of the molecule is COC(=O)C1(NC(=O)N[C@]2(C)CC[C@]3(C)CC[C@]4(C)C5=CC=C6C(=CC(=O)C(O)=C6C)[C@]5(C)CC[C@@]4(C)[C@@H]3C2)CCC1. The molecular weight excluding hydrogens is 528 g/mol. The van der Waals surface area contributed by atoms with Gasteiger partial charge in [0.25, 0.3) is 0 Å². The summed E-state index contributed by atoms with van der Waals surface area (Å²) in [6.45, 7) is 13.7. The lowest BCUT2D eigenvalue weighted by Gasteiger charge is -2.70. The van der Waals surface area contributed by atoms with Crippen LogP contribution < -0.4 is 10.6 Å². The summed E-state index contributed by atoms with van der Waals surface area (Å²) in [5.74, 6) is -0.400. The van der Waals surface area contributed by atoms with E-state index in [4.69, 9.17) is 4.74 Å². The van der Waals surface area contributed by atoms with Gasteiger partial charge in [0, 0.05) is 16.5 Å². The average Bonchev–Trinajstić information content (AvgIpc) is 2.92. The summed E-state index contributed by atoms with van der Waals surface area (Å²) in [6, 6.07) is -0.278. The number of fused-ring (bicyclic) bond motifs is 7. The molecule has 6 rings (SSSR count). The number of nitrogens with one attached hydrogen (secondary N) is 2. The van der Waals surface area contributed by atoms with E-state index in [0.29, 0.717) is 24.3 Å². The Balaban J connectivity index is 1.31. The summed E-state index contributed by atoms with van der Waals surface area (Å²) in [4.78, 5) is 38.6. The first kappa shape index (κ1) is 29.3. The number of urea groups is 1. The molecule has 0 bridgehead atoms. The maximum atomic E-state index is 13.3. The molecule has 3 N–H and O–H groups in total. The molecule has 2 amide bonds. The highest BCUT2D eigenvalue weighted by molar-refractivity contribution is 6.06. The lowest BCUT2D eigenvalue weighted by atomic mass is 9.35. The van der Waals surface area contributed by atoms with Gasteiger partial charge in [-0.2, -0.15) is 0 Å². The summed E-state index contributed by atoms with van der Waals surface area (Å²) in [6.07, 6.45) is 15.3. The van der Waals surface area contributed by atoms with Crippen LogP contribution in [0.2, 0.25) is 0 Å². The first-order chi connectivity index (χ1) is 19.6. The highest BCUT2D eigenvalue weighted by atomic mass is 16.5. The quantitative estimate of drug-likeness (QED) is 0.322. The molecule has 6 aliphatic carbocycles. The first-order valence-electron chi connectivity index (χ1n) is 15.9. The molecule has 7 nitrogen and oxygen atoms in total. The van der Waals surface area contributed by atoms with Gasteiger partial charge in [0.15, 0.2) is 5.76 Å². The molecule has 0 aromatic carbocycles. The molecule has 0 radical (unpaired) electrons. The first-order valence-corrected chi connectivity index (χ1v) is 15.9. The van der Waals surface area contributed by atoms with E-state index >= 15 is 0 Å². The molecule has 0 aromatic rings. The van der Waals surface area contributed by atoms with Crippen molar-refractivity contribution in [2.45, 2.75) is 117 Å². The number of hydrogen-bond donors (Lipinski definition) is 3. The van der Waals surface area contributed by atoms with E-state index in [2.05, 4.69) is 57.4 Å². The molecule has 0 aliphatic heterocycles. The van der Waals surface area contributed by atoms with Gasteiger partial charge in [-0.05, 0) is 117 Å². The largest absolute Gasteiger partial charge is 0.504 e. The van der Waals surface area contributed by atoms with Gasteiger partial charge in [0.1, 0.15) is 5.54 Å². The van der Waals surface area contributed by atoms with Crippen LogP contribution in [0.1, 0.15) is 106 Å². The van der Waals surface area contributed by atoms with Crippen LogP contribution in [-0.2, 0) is 14.3 Å². The van der Waals surface area contributed by atoms with Crippen LogP contribution in [0.15, 0.2) is 46.3 Å². The second-order valence-electron chi connectivity index (χ2n) is 15.6. The van der Waals surface area contributed by atoms with Crippen LogP contribution in [0.5, 0.6) is 0 Å². The van der Waals surface area contributed by atoms with Gasteiger partial charge >= 0.3 is 12.0 Å². The number of amides is 2. The van der Waals surface area contributed by atoms with E-state index in [9.17, 15) is 19.5 Å². The van der Waals surface area contributed by atoms with Gasteiger partial charge in [-0.25, -0.2) is 9.59 Å². The smallest absolute Gasteiger partial charge is 0.331 e. The van der Waals surface area contributed by atoms with Gasteiger partial charge < -0.3 is 20.5 Å². The number of ketones is 1. The van der Waals surface area contributed by atoms with Gasteiger partial charge in [-0.1, -0.05) is 45.4 Å². The minimum atomic E-state index is -0.902. The van der Waals surface area contributed by atoms with Crippen LogP contribution in [-0.4, -0.2) is 41.1 Å². The van der Waals surface area contributed by atoms with Crippen LogP contribution in [0, 0.1) is 27.6 Å². The zero-order chi connectivity index (χ0) is 30.5. The van der Waals surface area contributed by atoms with Gasteiger partial charge in [0.05, 0.1) is 7.11 Å². The number of esters is 1. The molecule has 0 unspecified atom stereocenters. The van der Waals surface area contributed by atoms with Crippen molar-refractivity contribution in [2.24, 2.45) is 27.6 Å². The van der Waals surface area contributed by atoms with E-state index in [1.165, 1.54) is 12.7 Å². The summed E-state index contributed by atoms with van der Waals surface area (Å²) in [5, 5.41) is 16.7. The number of aliphatic hydroxyl groups is 1. The Morgan fingerprint density at radius 1 is 0.929 bits per heavy atom. The van der Waals surface area contributed by atoms with Gasteiger partial charge in [-0.15, -0.1) is 0 Å². The highest BCUT2D eigenvalue weighted by Gasteiger charge is 2.67. The third kappa shape index (κ3) is 3.80. The molecule has 4 saturated carbocycles. The number of ether oxygens (including phenoxy) is 1. The molecule has 6 aliphatic rings. The molecule has 0 aromatic heterocycles. The standard InChI is InChI=1S/C35H48N2O5/c1-21-22-9-10-25-32(4,23(22)19-24(38)27(21)39)16-18-34(6)26-20-31(3,15-13-30(26,2)14-17-33(25,34)5)36-29(41)37-35(11-8-12-35)28(40)42-7/h9-10,19,26,39H,8,11-18,20H2,1-7H3,(H2,36,37,41)/t26-,30-,31-,32+,33-,34+/m1/s1. The number of rotatable bonds is 3. The maximum Gasteiger partial charge on any atom is 0.331 e. The van der Waals surface area contributed by atoms with E-state index in [-0.39, 0.29) is 50.7 Å². The summed E-state index contributed by atoms with van der Waals surface area (Å²) in [7, 11) is 1.38. The third-order valence-corrected chi connectivity index (χ3v) is 13.4. The minimum absolute atomic E-state index is 0.00396. The Hall–Kier alpha value is -2.83. The van der Waals surface area contributed by atoms with Crippen molar-refractivity contribution in [3.8, 4) is 0 Å². The van der Waals surface area contributed by atoms with Crippen LogP contribution in [0.3, 0.4) is 0 Å². The van der Waals surface area contributed by atoms with E-state index in [1.54, 1.807) is 6.08 Å². The fourth-order valence-corrected chi connectivity index (χ4v) is 10.2. The third-order valence-electron chi connectivity index (χ3n) is 13.4. The number of allylic oxidation sites excluding steroid dienone is 7. The number of carbonyl (C=O) groups excluding carboxylic acids is 3. The van der Waals surface area contributed by atoms with Crippen molar-refractivity contribution in [1.29, 1.82) is 0 Å². The predicted octanol–water partition coefficient (Wildman–Crippen LogP) is 6.76. The van der Waals surface area contributed by atoms with Crippen molar-refractivity contribution >= 4 is 17.8 Å². The topological polar surface area (TPSA) is 105 Å².